The van der Waals surface area contributed by atoms with Crippen molar-refractivity contribution < 1.29 is 0 Å². The first-order valence-electron chi connectivity index (χ1n) is 3.36. The first kappa shape index (κ1) is 9.12. The van der Waals surface area contributed by atoms with Crippen LogP contribution >= 0.6 is 15.9 Å². The van der Waals surface area contributed by atoms with Crippen LogP contribution in [-0.2, 0) is 0 Å². The second kappa shape index (κ2) is 4.15. The molecule has 1 heterocycles. The van der Waals surface area contributed by atoms with Crippen molar-refractivity contribution in [2.75, 3.05) is 14.1 Å². The number of rotatable bonds is 2. The Morgan fingerprint density at radius 1 is 1.58 bits per heavy atom. The van der Waals surface area contributed by atoms with Gasteiger partial charge in [0.15, 0.2) is 0 Å². The van der Waals surface area contributed by atoms with E-state index in [-0.39, 0.29) is 0 Å². The van der Waals surface area contributed by atoms with Gasteiger partial charge in [0.05, 0.1) is 12.5 Å². The third-order valence-electron chi connectivity index (χ3n) is 1.07. The van der Waals surface area contributed by atoms with Gasteiger partial charge in [-0.15, -0.1) is 0 Å². The van der Waals surface area contributed by atoms with Crippen molar-refractivity contribution in [2.24, 2.45) is 4.99 Å². The molecular weight excluding hydrogens is 220 g/mol. The lowest BCUT2D eigenvalue weighted by atomic mass is 10.6. The molecule has 1 aromatic rings. The van der Waals surface area contributed by atoms with Crippen molar-refractivity contribution in [1.29, 1.82) is 0 Å². The van der Waals surface area contributed by atoms with E-state index < -0.39 is 0 Å². The van der Waals surface area contributed by atoms with E-state index in [9.17, 15) is 0 Å². The lowest BCUT2D eigenvalue weighted by molar-refractivity contribution is 0.643. The minimum atomic E-state index is 0.704. The first-order chi connectivity index (χ1) is 5.70. The maximum atomic E-state index is 4.13. The predicted molar refractivity (Wildman–Crippen MR) is 51.6 cm³/mol. The van der Waals surface area contributed by atoms with Gasteiger partial charge in [-0.3, -0.25) is 0 Å². The van der Waals surface area contributed by atoms with Crippen LogP contribution in [0.15, 0.2) is 22.1 Å². The Hall–Kier alpha value is -0.970. The zero-order valence-electron chi connectivity index (χ0n) is 6.90. The van der Waals surface area contributed by atoms with Gasteiger partial charge in [0.25, 0.3) is 0 Å². The molecule has 1 aromatic heterocycles. The molecular formula is C7H9BrN4. The van der Waals surface area contributed by atoms with Crippen LogP contribution in [0.25, 0.3) is 0 Å². The Labute approximate surface area is 79.5 Å². The molecule has 0 radical (unpaired) electrons. The lowest BCUT2D eigenvalue weighted by Gasteiger charge is -2.02. The van der Waals surface area contributed by atoms with Crippen molar-refractivity contribution >= 4 is 28.0 Å². The van der Waals surface area contributed by atoms with E-state index in [1.54, 1.807) is 12.5 Å². The van der Waals surface area contributed by atoms with Crippen molar-refractivity contribution in [3.63, 3.8) is 0 Å². The van der Waals surface area contributed by atoms with Crippen LogP contribution in [0.2, 0.25) is 0 Å². The van der Waals surface area contributed by atoms with E-state index in [0.717, 1.165) is 5.69 Å². The fourth-order valence-corrected chi connectivity index (χ4v) is 0.868. The van der Waals surface area contributed by atoms with Crippen LogP contribution in [0, 0.1) is 0 Å². The van der Waals surface area contributed by atoms with Crippen LogP contribution in [-0.4, -0.2) is 35.3 Å². The highest BCUT2D eigenvalue weighted by Crippen LogP contribution is 2.19. The molecule has 0 amide bonds. The smallest absolute Gasteiger partial charge is 0.135 e. The van der Waals surface area contributed by atoms with Gasteiger partial charge in [0.1, 0.15) is 16.6 Å². The van der Waals surface area contributed by atoms with E-state index >= 15 is 0 Å². The molecule has 0 saturated heterocycles. The average Bonchev–Trinajstić information content (AvgIpc) is 2.03. The van der Waals surface area contributed by atoms with Gasteiger partial charge in [-0.05, 0) is 15.9 Å². The number of hydrogen-bond donors (Lipinski definition) is 0. The van der Waals surface area contributed by atoms with Gasteiger partial charge in [0, 0.05) is 14.1 Å². The molecule has 0 fully saturated rings. The van der Waals surface area contributed by atoms with Gasteiger partial charge < -0.3 is 4.90 Å². The molecule has 0 spiro atoms. The molecule has 0 aliphatic carbocycles. The predicted octanol–water partition coefficient (Wildman–Crippen LogP) is 1.46. The second-order valence-corrected chi connectivity index (χ2v) is 3.16. The Kier molecular flexibility index (Phi) is 3.16. The molecule has 0 aromatic carbocycles. The Morgan fingerprint density at radius 2 is 2.33 bits per heavy atom. The summed E-state index contributed by atoms with van der Waals surface area (Å²) in [7, 11) is 3.81. The minimum Gasteiger partial charge on any atom is -0.369 e. The topological polar surface area (TPSA) is 41.4 Å². The van der Waals surface area contributed by atoms with Crippen LogP contribution in [0.3, 0.4) is 0 Å². The van der Waals surface area contributed by atoms with Gasteiger partial charge >= 0.3 is 0 Å². The fourth-order valence-electron chi connectivity index (χ4n) is 0.572. The molecule has 64 valence electrons. The number of aliphatic imine (C=N–C) groups is 1. The van der Waals surface area contributed by atoms with Crippen molar-refractivity contribution in [3.05, 3.63) is 17.1 Å². The molecule has 0 atom stereocenters. The molecule has 0 aliphatic heterocycles. The highest BCUT2D eigenvalue weighted by atomic mass is 79.9. The van der Waals surface area contributed by atoms with E-state index in [1.807, 2.05) is 19.0 Å². The van der Waals surface area contributed by atoms with Crippen LogP contribution in [0.4, 0.5) is 5.69 Å². The summed E-state index contributed by atoms with van der Waals surface area (Å²) in [4.78, 5) is 13.8. The summed E-state index contributed by atoms with van der Waals surface area (Å²) in [5.41, 5.74) is 0.728. The highest BCUT2D eigenvalue weighted by Gasteiger charge is 1.95. The molecule has 0 saturated carbocycles. The first-order valence-corrected chi connectivity index (χ1v) is 4.15. The third kappa shape index (κ3) is 2.58. The summed E-state index contributed by atoms with van der Waals surface area (Å²) in [5.74, 6) is 0. The molecule has 5 heteroatoms. The Morgan fingerprint density at radius 3 is 2.92 bits per heavy atom. The number of hydrogen-bond acceptors (Lipinski definition) is 3. The summed E-state index contributed by atoms with van der Waals surface area (Å²) in [6, 6.07) is 0. The maximum absolute atomic E-state index is 4.13. The number of halogens is 1. The van der Waals surface area contributed by atoms with Gasteiger partial charge in [-0.2, -0.15) is 0 Å². The molecule has 1 rings (SSSR count). The van der Waals surface area contributed by atoms with Crippen molar-refractivity contribution in [1.82, 2.24) is 14.9 Å². The second-order valence-electron chi connectivity index (χ2n) is 2.41. The van der Waals surface area contributed by atoms with E-state index in [2.05, 4.69) is 30.9 Å². The van der Waals surface area contributed by atoms with E-state index in [1.165, 1.54) is 6.33 Å². The van der Waals surface area contributed by atoms with Crippen LogP contribution < -0.4 is 0 Å². The van der Waals surface area contributed by atoms with Crippen LogP contribution in [0.5, 0.6) is 0 Å². The Bertz CT molecular complexity index is 284. The monoisotopic (exact) mass is 228 g/mol. The largest absolute Gasteiger partial charge is 0.369 e. The molecule has 0 aliphatic rings. The molecule has 0 bridgehead atoms. The number of aromatic nitrogens is 2. The van der Waals surface area contributed by atoms with Gasteiger partial charge in [0.2, 0.25) is 0 Å². The molecule has 0 unspecified atom stereocenters. The minimum absolute atomic E-state index is 0.704. The molecule has 12 heavy (non-hydrogen) atoms. The van der Waals surface area contributed by atoms with Crippen molar-refractivity contribution in [3.8, 4) is 0 Å². The standard InChI is InChI=1S/C7H9BrN4/c1-12(2)5-11-6-3-9-4-10-7(6)8/h3-5H,1-2H3. The van der Waals surface area contributed by atoms with Crippen molar-refractivity contribution in [2.45, 2.75) is 0 Å². The van der Waals surface area contributed by atoms with Gasteiger partial charge in [-0.1, -0.05) is 0 Å². The van der Waals surface area contributed by atoms with E-state index in [4.69, 9.17) is 0 Å². The summed E-state index contributed by atoms with van der Waals surface area (Å²) in [6.45, 7) is 0. The maximum Gasteiger partial charge on any atom is 0.135 e. The number of nitrogens with zero attached hydrogens (tertiary/aromatic N) is 4. The molecule has 0 N–H and O–H groups in total. The zero-order chi connectivity index (χ0) is 8.97. The van der Waals surface area contributed by atoms with Crippen LogP contribution in [0.1, 0.15) is 0 Å². The SMILES string of the molecule is CN(C)C=Nc1cncnc1Br. The average molecular weight is 229 g/mol. The summed E-state index contributed by atoms with van der Waals surface area (Å²) in [6.07, 6.45) is 4.82. The zero-order valence-corrected chi connectivity index (χ0v) is 8.48. The normalized spacial score (nSPS) is 10.6. The lowest BCUT2D eigenvalue weighted by Crippen LogP contribution is -2.07. The van der Waals surface area contributed by atoms with E-state index in [0.29, 0.717) is 4.60 Å². The summed E-state index contributed by atoms with van der Waals surface area (Å²) < 4.78 is 0.704. The summed E-state index contributed by atoms with van der Waals surface area (Å²) in [5, 5.41) is 0. The third-order valence-corrected chi connectivity index (χ3v) is 1.68. The fraction of sp³-hybridized carbons (Fsp3) is 0.286. The molecule has 4 nitrogen and oxygen atoms in total. The highest BCUT2D eigenvalue weighted by molar-refractivity contribution is 9.10. The quantitative estimate of drug-likeness (QED) is 0.438. The van der Waals surface area contributed by atoms with Gasteiger partial charge in [-0.25, -0.2) is 15.0 Å². The summed E-state index contributed by atoms with van der Waals surface area (Å²) >= 11 is 3.26. The Balaban J connectivity index is 2.82.